The standard InChI is InChI=1S/C21H18Cl2N2O6S/c22-14-3-5-17(23)20(10-14)32(27,28)25(12-16-2-1-7-29-16)13-21(26)24-15-4-6-18-19(11-15)31-9-8-30-18/h1-7,10-11H,8-9,12-13H2,(H,24,26). The van der Waals surface area contributed by atoms with Crippen LogP contribution in [0.4, 0.5) is 5.69 Å². The van der Waals surface area contributed by atoms with Crippen LogP contribution in [0.5, 0.6) is 11.5 Å². The molecule has 1 amide bonds. The van der Waals surface area contributed by atoms with Gasteiger partial charge in [-0.2, -0.15) is 4.31 Å². The van der Waals surface area contributed by atoms with Crippen molar-refractivity contribution in [2.24, 2.45) is 0 Å². The van der Waals surface area contributed by atoms with E-state index in [-0.39, 0.29) is 21.5 Å². The number of amides is 1. The predicted molar refractivity (Wildman–Crippen MR) is 119 cm³/mol. The van der Waals surface area contributed by atoms with Crippen LogP contribution in [-0.4, -0.2) is 38.4 Å². The van der Waals surface area contributed by atoms with Crippen molar-refractivity contribution in [2.75, 3.05) is 25.1 Å². The van der Waals surface area contributed by atoms with Crippen molar-refractivity contribution in [3.63, 3.8) is 0 Å². The summed E-state index contributed by atoms with van der Waals surface area (Å²) in [5.74, 6) is 0.875. The molecule has 0 unspecified atom stereocenters. The van der Waals surface area contributed by atoms with Gasteiger partial charge in [0.2, 0.25) is 15.9 Å². The Morgan fingerprint density at radius 1 is 1.03 bits per heavy atom. The minimum absolute atomic E-state index is 0.00825. The third-order valence-corrected chi connectivity index (χ3v) is 7.08. The first-order valence-electron chi connectivity index (χ1n) is 9.50. The highest BCUT2D eigenvalue weighted by molar-refractivity contribution is 7.89. The van der Waals surface area contributed by atoms with Crippen LogP contribution in [0.15, 0.2) is 64.1 Å². The van der Waals surface area contributed by atoms with Crippen LogP contribution in [0.2, 0.25) is 10.0 Å². The van der Waals surface area contributed by atoms with Crippen LogP contribution in [0, 0.1) is 0 Å². The smallest absolute Gasteiger partial charge is 0.245 e. The lowest BCUT2D eigenvalue weighted by atomic mass is 10.2. The third kappa shape index (κ3) is 5.02. The molecule has 8 nitrogen and oxygen atoms in total. The molecule has 0 bridgehead atoms. The predicted octanol–water partition coefficient (Wildman–Crippen LogP) is 4.19. The maximum absolute atomic E-state index is 13.3. The molecule has 1 aliphatic rings. The fraction of sp³-hybridized carbons (Fsp3) is 0.190. The maximum Gasteiger partial charge on any atom is 0.245 e. The zero-order chi connectivity index (χ0) is 22.7. The lowest BCUT2D eigenvalue weighted by Gasteiger charge is -2.22. The summed E-state index contributed by atoms with van der Waals surface area (Å²) in [6.07, 6.45) is 1.42. The van der Waals surface area contributed by atoms with Crippen molar-refractivity contribution in [1.29, 1.82) is 0 Å². The number of anilines is 1. The summed E-state index contributed by atoms with van der Waals surface area (Å²) in [7, 11) is -4.18. The first-order valence-corrected chi connectivity index (χ1v) is 11.7. The largest absolute Gasteiger partial charge is 0.486 e. The van der Waals surface area contributed by atoms with E-state index in [1.165, 1.54) is 24.5 Å². The summed E-state index contributed by atoms with van der Waals surface area (Å²) in [6, 6.07) is 12.3. The zero-order valence-electron chi connectivity index (χ0n) is 16.6. The number of carbonyl (C=O) groups excluding carboxylic acids is 1. The molecule has 4 rings (SSSR count). The van der Waals surface area contributed by atoms with Gasteiger partial charge in [-0.25, -0.2) is 8.42 Å². The highest BCUT2D eigenvalue weighted by atomic mass is 35.5. The molecule has 0 saturated heterocycles. The van der Waals surface area contributed by atoms with Crippen molar-refractivity contribution < 1.29 is 27.1 Å². The van der Waals surface area contributed by atoms with Gasteiger partial charge < -0.3 is 19.2 Å². The molecule has 1 aliphatic heterocycles. The van der Waals surface area contributed by atoms with Crippen LogP contribution in [0.3, 0.4) is 0 Å². The van der Waals surface area contributed by atoms with E-state index < -0.39 is 22.5 Å². The monoisotopic (exact) mass is 496 g/mol. The summed E-state index contributed by atoms with van der Waals surface area (Å²) in [6.45, 7) is 0.192. The van der Waals surface area contributed by atoms with Gasteiger partial charge in [-0.3, -0.25) is 4.79 Å². The number of fused-ring (bicyclic) bond motifs is 1. The lowest BCUT2D eigenvalue weighted by Crippen LogP contribution is -2.37. The molecule has 0 saturated carbocycles. The van der Waals surface area contributed by atoms with Gasteiger partial charge in [-0.05, 0) is 42.5 Å². The number of carbonyl (C=O) groups is 1. The molecule has 0 spiro atoms. The van der Waals surface area contributed by atoms with E-state index in [0.717, 1.165) is 4.31 Å². The molecule has 0 radical (unpaired) electrons. The number of ether oxygens (including phenoxy) is 2. The van der Waals surface area contributed by atoms with Crippen molar-refractivity contribution in [3.05, 3.63) is 70.6 Å². The van der Waals surface area contributed by atoms with Gasteiger partial charge in [-0.15, -0.1) is 0 Å². The Bertz CT molecular complexity index is 1230. The molecule has 2 aromatic carbocycles. The average molecular weight is 497 g/mol. The van der Waals surface area contributed by atoms with E-state index in [9.17, 15) is 13.2 Å². The first kappa shape index (κ1) is 22.5. The van der Waals surface area contributed by atoms with Gasteiger partial charge in [0.25, 0.3) is 0 Å². The zero-order valence-corrected chi connectivity index (χ0v) is 18.9. The number of furan rings is 1. The highest BCUT2D eigenvalue weighted by Crippen LogP contribution is 2.33. The van der Waals surface area contributed by atoms with E-state index >= 15 is 0 Å². The SMILES string of the molecule is O=C(CN(Cc1ccco1)S(=O)(=O)c1cc(Cl)ccc1Cl)Nc1ccc2c(c1)OCCO2. The van der Waals surface area contributed by atoms with Gasteiger partial charge in [0.1, 0.15) is 23.9 Å². The molecular weight excluding hydrogens is 479 g/mol. The Hall–Kier alpha value is -2.72. The van der Waals surface area contributed by atoms with Crippen LogP contribution in [0.1, 0.15) is 5.76 Å². The van der Waals surface area contributed by atoms with Gasteiger partial charge >= 0.3 is 0 Å². The van der Waals surface area contributed by atoms with Gasteiger partial charge in [0.05, 0.1) is 24.4 Å². The van der Waals surface area contributed by atoms with Gasteiger partial charge in [0, 0.05) is 16.8 Å². The van der Waals surface area contributed by atoms with E-state index in [0.29, 0.717) is 36.2 Å². The number of nitrogens with zero attached hydrogens (tertiary/aromatic N) is 1. The van der Waals surface area contributed by atoms with Crippen molar-refractivity contribution in [2.45, 2.75) is 11.4 Å². The molecule has 168 valence electrons. The molecule has 0 aliphatic carbocycles. The summed E-state index contributed by atoms with van der Waals surface area (Å²) in [5.41, 5.74) is 0.440. The number of benzene rings is 2. The van der Waals surface area contributed by atoms with E-state index in [1.807, 2.05) is 0 Å². The molecule has 1 aromatic heterocycles. The summed E-state index contributed by atoms with van der Waals surface area (Å²) >= 11 is 12.1. The lowest BCUT2D eigenvalue weighted by molar-refractivity contribution is -0.116. The van der Waals surface area contributed by atoms with E-state index in [4.69, 9.17) is 37.1 Å². The first-order chi connectivity index (χ1) is 15.3. The normalized spacial score (nSPS) is 13.2. The number of halogens is 2. The molecule has 0 atom stereocenters. The molecule has 11 heteroatoms. The molecule has 3 aromatic rings. The highest BCUT2D eigenvalue weighted by Gasteiger charge is 2.30. The number of nitrogens with one attached hydrogen (secondary N) is 1. The van der Waals surface area contributed by atoms with E-state index in [2.05, 4.69) is 5.32 Å². The van der Waals surface area contributed by atoms with Crippen LogP contribution >= 0.6 is 23.2 Å². The number of sulfonamides is 1. The second kappa shape index (κ2) is 9.41. The number of rotatable bonds is 7. The summed E-state index contributed by atoms with van der Waals surface area (Å²) in [5, 5.41) is 2.87. The maximum atomic E-state index is 13.3. The molecule has 2 heterocycles. The molecular formula is C21H18Cl2N2O6S. The van der Waals surface area contributed by atoms with Crippen LogP contribution in [-0.2, 0) is 21.4 Å². The second-order valence-corrected chi connectivity index (χ2v) is 9.58. The minimum Gasteiger partial charge on any atom is -0.486 e. The Kier molecular flexibility index (Phi) is 6.61. The quantitative estimate of drug-likeness (QED) is 0.526. The second-order valence-electron chi connectivity index (χ2n) is 6.83. The number of hydrogen-bond donors (Lipinski definition) is 1. The van der Waals surface area contributed by atoms with Crippen molar-refractivity contribution >= 4 is 44.8 Å². The average Bonchev–Trinajstić information content (AvgIpc) is 3.28. The van der Waals surface area contributed by atoms with Gasteiger partial charge in [0.15, 0.2) is 11.5 Å². The van der Waals surface area contributed by atoms with Crippen molar-refractivity contribution in [3.8, 4) is 11.5 Å². The van der Waals surface area contributed by atoms with Crippen LogP contribution in [0.25, 0.3) is 0 Å². The van der Waals surface area contributed by atoms with Crippen molar-refractivity contribution in [1.82, 2.24) is 4.31 Å². The Morgan fingerprint density at radius 3 is 2.56 bits per heavy atom. The Labute approximate surface area is 194 Å². The topological polar surface area (TPSA) is 98.1 Å². The molecule has 32 heavy (non-hydrogen) atoms. The Morgan fingerprint density at radius 2 is 1.81 bits per heavy atom. The minimum atomic E-state index is -4.18. The summed E-state index contributed by atoms with van der Waals surface area (Å²) in [4.78, 5) is 12.6. The molecule has 0 fully saturated rings. The fourth-order valence-electron chi connectivity index (χ4n) is 3.10. The van der Waals surface area contributed by atoms with Crippen LogP contribution < -0.4 is 14.8 Å². The Balaban J connectivity index is 1.58. The summed E-state index contributed by atoms with van der Waals surface area (Å²) < 4.78 is 43.9. The number of hydrogen-bond acceptors (Lipinski definition) is 6. The molecule has 1 N–H and O–H groups in total. The van der Waals surface area contributed by atoms with Gasteiger partial charge in [-0.1, -0.05) is 23.2 Å². The third-order valence-electron chi connectivity index (χ3n) is 4.57. The van der Waals surface area contributed by atoms with E-state index in [1.54, 1.807) is 30.3 Å². The fourth-order valence-corrected chi connectivity index (χ4v) is 5.20.